The first-order valence-corrected chi connectivity index (χ1v) is 15.3. The molecule has 0 spiro atoms. The van der Waals surface area contributed by atoms with Gasteiger partial charge in [-0.05, 0) is 16.2 Å². The molecule has 46 heavy (non-hydrogen) atoms. The minimum atomic E-state index is 0. The van der Waals surface area contributed by atoms with E-state index in [0.29, 0.717) is 0 Å². The average molecular weight is 623 g/mol. The van der Waals surface area contributed by atoms with Crippen molar-refractivity contribution in [2.75, 3.05) is 0 Å². The van der Waals surface area contributed by atoms with Gasteiger partial charge >= 0.3 is 21.7 Å². The van der Waals surface area contributed by atoms with Crippen LogP contribution < -0.4 is 0 Å². The fourth-order valence-electron chi connectivity index (χ4n) is 5.43. The largest absolute Gasteiger partial charge is 4.00 e. The zero-order valence-corrected chi connectivity index (χ0v) is 27.7. The van der Waals surface area contributed by atoms with Crippen molar-refractivity contribution in [3.8, 4) is 0 Å². The SMILES string of the molecule is C[CH-]C.[Ti+4].[c-]1cccc2cc3ccccc3cc12.[c-]1cccc2cc3ccccc3cc12.[c-]1cccc2cc3ccccc3cc12. The predicted molar refractivity (Wildman–Crippen MR) is 197 cm³/mol. The predicted octanol–water partition coefficient (Wildman–Crippen LogP) is 12.6. The summed E-state index contributed by atoms with van der Waals surface area (Å²) in [5.41, 5.74) is 0. The van der Waals surface area contributed by atoms with Gasteiger partial charge in [0.25, 0.3) is 0 Å². The van der Waals surface area contributed by atoms with E-state index in [9.17, 15) is 0 Å². The summed E-state index contributed by atoms with van der Waals surface area (Å²) in [4.78, 5) is 0. The number of hydrogen-bond acceptors (Lipinski definition) is 0. The van der Waals surface area contributed by atoms with Crippen LogP contribution in [-0.4, -0.2) is 0 Å². The molecule has 0 amide bonds. The summed E-state index contributed by atoms with van der Waals surface area (Å²) in [6.45, 7) is 4.00. The molecule has 9 aromatic carbocycles. The molecule has 0 nitrogen and oxygen atoms in total. The molecule has 0 aliphatic rings. The molecule has 9 rings (SSSR count). The van der Waals surface area contributed by atoms with Crippen molar-refractivity contribution in [3.05, 3.63) is 188 Å². The normalized spacial score (nSPS) is 10.3. The molecule has 0 aromatic heterocycles. The second kappa shape index (κ2) is 16.0. The Morgan fingerprint density at radius 3 is 0.804 bits per heavy atom. The number of benzene rings is 9. The van der Waals surface area contributed by atoms with Crippen LogP contribution in [0.4, 0.5) is 0 Å². The van der Waals surface area contributed by atoms with Crippen molar-refractivity contribution < 1.29 is 21.7 Å². The Hall–Kier alpha value is -4.75. The second-order valence-corrected chi connectivity index (χ2v) is 10.9. The maximum absolute atomic E-state index is 3.24. The monoisotopic (exact) mass is 622 g/mol. The van der Waals surface area contributed by atoms with Crippen LogP contribution >= 0.6 is 0 Å². The second-order valence-electron chi connectivity index (χ2n) is 10.9. The maximum atomic E-state index is 3.24. The molecule has 0 saturated heterocycles. The van der Waals surface area contributed by atoms with Gasteiger partial charge in [0.1, 0.15) is 0 Å². The summed E-state index contributed by atoms with van der Waals surface area (Å²) < 4.78 is 0. The van der Waals surface area contributed by atoms with Crippen LogP contribution in [0.2, 0.25) is 0 Å². The Morgan fingerprint density at radius 1 is 0.326 bits per heavy atom. The van der Waals surface area contributed by atoms with E-state index in [1.54, 1.807) is 0 Å². The van der Waals surface area contributed by atoms with Gasteiger partial charge in [0.2, 0.25) is 0 Å². The Labute approximate surface area is 287 Å². The standard InChI is InChI=1S/3C14H9.C3H7.Ti/c3*1-2-6-12-10-14-8-4-3-7-13(14)9-11(12)5-1;1-3-2;/h3*1-7,9-10H;3H,1-2H3;/q4*-1;+4. The van der Waals surface area contributed by atoms with E-state index in [1.807, 2.05) is 56.7 Å². The van der Waals surface area contributed by atoms with Gasteiger partial charge in [0, 0.05) is 0 Å². The number of hydrogen-bond donors (Lipinski definition) is 0. The average Bonchev–Trinajstić information content (AvgIpc) is 3.10. The van der Waals surface area contributed by atoms with Crippen molar-refractivity contribution in [2.24, 2.45) is 0 Å². The first-order chi connectivity index (χ1) is 22.2. The maximum Gasteiger partial charge on any atom is 4.00 e. The van der Waals surface area contributed by atoms with Gasteiger partial charge in [-0.3, -0.25) is 0 Å². The van der Waals surface area contributed by atoms with Gasteiger partial charge in [0.15, 0.2) is 0 Å². The molecule has 0 bridgehead atoms. The summed E-state index contributed by atoms with van der Waals surface area (Å²) in [5.74, 6) is 0. The Balaban J connectivity index is 0.000000129. The molecule has 0 fully saturated rings. The molecule has 9 aromatic rings. The van der Waals surface area contributed by atoms with Crippen LogP contribution in [0, 0.1) is 24.6 Å². The van der Waals surface area contributed by atoms with Crippen LogP contribution in [0.25, 0.3) is 64.6 Å². The summed E-state index contributed by atoms with van der Waals surface area (Å²) in [5, 5.41) is 15.0. The van der Waals surface area contributed by atoms with E-state index < -0.39 is 0 Å². The molecule has 0 unspecified atom stereocenters. The van der Waals surface area contributed by atoms with Crippen LogP contribution in [-0.2, 0) is 21.7 Å². The summed E-state index contributed by atoms with van der Waals surface area (Å²) >= 11 is 0. The molecule has 0 aliphatic carbocycles. The number of fused-ring (bicyclic) bond motifs is 6. The summed E-state index contributed by atoms with van der Waals surface area (Å²) in [6, 6.07) is 66.5. The third-order valence-corrected chi connectivity index (χ3v) is 7.59. The summed E-state index contributed by atoms with van der Waals surface area (Å²) in [7, 11) is 0. The van der Waals surface area contributed by atoms with Crippen LogP contribution in [0.1, 0.15) is 13.8 Å². The minimum Gasteiger partial charge on any atom is -0.335 e. The Morgan fingerprint density at radius 2 is 0.543 bits per heavy atom. The molecular weight excluding hydrogens is 588 g/mol. The smallest absolute Gasteiger partial charge is 0.335 e. The molecule has 0 aliphatic heterocycles. The van der Waals surface area contributed by atoms with Crippen molar-refractivity contribution in [3.63, 3.8) is 0 Å². The molecule has 0 N–H and O–H groups in total. The van der Waals surface area contributed by atoms with Crippen molar-refractivity contribution >= 4 is 64.6 Å². The van der Waals surface area contributed by atoms with E-state index in [-0.39, 0.29) is 21.7 Å². The van der Waals surface area contributed by atoms with Crippen LogP contribution in [0.3, 0.4) is 0 Å². The molecule has 0 atom stereocenters. The minimum absolute atomic E-state index is 0. The quantitative estimate of drug-likeness (QED) is 0.0897. The number of rotatable bonds is 0. The van der Waals surface area contributed by atoms with Gasteiger partial charge in [-0.15, -0.1) is 123 Å². The molecule has 218 valence electrons. The van der Waals surface area contributed by atoms with Gasteiger partial charge in [0.05, 0.1) is 0 Å². The van der Waals surface area contributed by atoms with Gasteiger partial charge < -0.3 is 6.42 Å². The Kier molecular flexibility index (Phi) is 11.4. The van der Waals surface area contributed by atoms with Crippen molar-refractivity contribution in [1.29, 1.82) is 0 Å². The van der Waals surface area contributed by atoms with E-state index in [4.69, 9.17) is 0 Å². The van der Waals surface area contributed by atoms with Crippen LogP contribution in [0.15, 0.2) is 164 Å². The van der Waals surface area contributed by atoms with Gasteiger partial charge in [-0.2, -0.15) is 13.8 Å². The third kappa shape index (κ3) is 7.90. The van der Waals surface area contributed by atoms with Crippen molar-refractivity contribution in [1.82, 2.24) is 0 Å². The molecule has 0 heterocycles. The third-order valence-electron chi connectivity index (χ3n) is 7.59. The van der Waals surface area contributed by atoms with E-state index in [0.717, 1.165) is 0 Å². The zero-order chi connectivity index (χ0) is 30.8. The molecule has 0 saturated carbocycles. The molecular formula is C45H34Ti. The first kappa shape index (κ1) is 32.6. The fourth-order valence-corrected chi connectivity index (χ4v) is 5.43. The molecule has 0 radical (unpaired) electrons. The van der Waals surface area contributed by atoms with Gasteiger partial charge in [-0.25, -0.2) is 0 Å². The molecule has 1 heteroatoms. The Bertz CT molecular complexity index is 1750. The first-order valence-electron chi connectivity index (χ1n) is 15.3. The van der Waals surface area contributed by atoms with Crippen LogP contribution in [0.5, 0.6) is 0 Å². The van der Waals surface area contributed by atoms with E-state index >= 15 is 0 Å². The zero-order valence-electron chi connectivity index (χ0n) is 26.2. The summed E-state index contributed by atoms with van der Waals surface area (Å²) in [6.07, 6.45) is 2.00. The van der Waals surface area contributed by atoms with E-state index in [1.165, 1.54) is 64.6 Å². The van der Waals surface area contributed by atoms with Crippen molar-refractivity contribution in [2.45, 2.75) is 13.8 Å². The topological polar surface area (TPSA) is 0 Å². The van der Waals surface area contributed by atoms with Gasteiger partial charge in [-0.1, -0.05) is 107 Å². The fraction of sp³-hybridized carbons (Fsp3) is 0.0444. The van der Waals surface area contributed by atoms with E-state index in [2.05, 4.69) is 146 Å².